The standard InChI is InChI=1S/C17H22N2O5/c1-11-8-13(15(20)18-11)9-14(16(21)23-2)19-17(22)24-10-12-6-4-3-5-7-12/h3-7,11,13-14H,8-10H2,1-2H3,(H,18,20)(H,19,22)/t11-,13+,14+/m1/s1. The lowest BCUT2D eigenvalue weighted by atomic mass is 9.97. The van der Waals surface area contributed by atoms with Crippen LogP contribution in [0.3, 0.4) is 0 Å². The van der Waals surface area contributed by atoms with E-state index in [1.165, 1.54) is 7.11 Å². The van der Waals surface area contributed by atoms with Gasteiger partial charge in [-0.1, -0.05) is 30.3 Å². The number of benzene rings is 1. The zero-order valence-corrected chi connectivity index (χ0v) is 13.8. The number of carbonyl (C=O) groups is 3. The molecule has 0 aliphatic carbocycles. The average Bonchev–Trinajstić information content (AvgIpc) is 2.90. The molecule has 0 saturated carbocycles. The van der Waals surface area contributed by atoms with E-state index in [-0.39, 0.29) is 30.9 Å². The second-order valence-corrected chi connectivity index (χ2v) is 5.86. The molecule has 0 bridgehead atoms. The van der Waals surface area contributed by atoms with Gasteiger partial charge in [0, 0.05) is 12.0 Å². The van der Waals surface area contributed by atoms with Gasteiger partial charge in [0.1, 0.15) is 12.6 Å². The van der Waals surface area contributed by atoms with E-state index in [1.54, 1.807) is 0 Å². The summed E-state index contributed by atoms with van der Waals surface area (Å²) in [5, 5.41) is 5.28. The monoisotopic (exact) mass is 334 g/mol. The molecule has 0 radical (unpaired) electrons. The predicted octanol–water partition coefficient (Wildman–Crippen LogP) is 1.37. The first kappa shape index (κ1) is 17.8. The molecule has 3 atom stereocenters. The molecule has 7 nitrogen and oxygen atoms in total. The number of hydrogen-bond donors (Lipinski definition) is 2. The van der Waals surface area contributed by atoms with Crippen molar-refractivity contribution in [2.24, 2.45) is 5.92 Å². The molecule has 7 heteroatoms. The zero-order chi connectivity index (χ0) is 17.5. The van der Waals surface area contributed by atoms with Crippen molar-refractivity contribution in [3.63, 3.8) is 0 Å². The maximum atomic E-state index is 11.9. The second-order valence-electron chi connectivity index (χ2n) is 5.86. The number of alkyl carbamates (subject to hydrolysis) is 1. The number of ether oxygens (including phenoxy) is 2. The fraction of sp³-hybridized carbons (Fsp3) is 0.471. The van der Waals surface area contributed by atoms with Gasteiger partial charge in [0.15, 0.2) is 0 Å². The fourth-order valence-corrected chi connectivity index (χ4v) is 2.70. The smallest absolute Gasteiger partial charge is 0.408 e. The first-order chi connectivity index (χ1) is 11.5. The Morgan fingerprint density at radius 3 is 2.62 bits per heavy atom. The molecule has 1 aromatic rings. The number of hydrogen-bond acceptors (Lipinski definition) is 5. The third-order valence-electron chi connectivity index (χ3n) is 3.91. The van der Waals surface area contributed by atoms with E-state index in [4.69, 9.17) is 9.47 Å². The highest BCUT2D eigenvalue weighted by molar-refractivity contribution is 5.84. The molecular weight excluding hydrogens is 312 g/mol. The van der Waals surface area contributed by atoms with Crippen LogP contribution in [0.15, 0.2) is 30.3 Å². The molecule has 0 unspecified atom stereocenters. The van der Waals surface area contributed by atoms with Crippen molar-refractivity contribution in [3.8, 4) is 0 Å². The van der Waals surface area contributed by atoms with Crippen LogP contribution in [-0.4, -0.2) is 37.2 Å². The van der Waals surface area contributed by atoms with E-state index >= 15 is 0 Å². The minimum Gasteiger partial charge on any atom is -0.467 e. The molecule has 130 valence electrons. The third kappa shape index (κ3) is 4.97. The van der Waals surface area contributed by atoms with Crippen molar-refractivity contribution in [1.82, 2.24) is 10.6 Å². The van der Waals surface area contributed by atoms with Gasteiger partial charge in [0.2, 0.25) is 5.91 Å². The van der Waals surface area contributed by atoms with Crippen LogP contribution in [-0.2, 0) is 25.7 Å². The summed E-state index contributed by atoms with van der Waals surface area (Å²) in [7, 11) is 1.24. The minimum absolute atomic E-state index is 0.0610. The van der Waals surface area contributed by atoms with Crippen molar-refractivity contribution in [1.29, 1.82) is 0 Å². The van der Waals surface area contributed by atoms with Gasteiger partial charge in [0.05, 0.1) is 7.11 Å². The quantitative estimate of drug-likeness (QED) is 0.766. The predicted molar refractivity (Wildman–Crippen MR) is 85.9 cm³/mol. The molecule has 1 fully saturated rings. The van der Waals surface area contributed by atoms with Crippen molar-refractivity contribution in [3.05, 3.63) is 35.9 Å². The van der Waals surface area contributed by atoms with Crippen LogP contribution in [0.25, 0.3) is 0 Å². The normalized spacial score (nSPS) is 20.8. The van der Waals surface area contributed by atoms with Gasteiger partial charge in [-0.15, -0.1) is 0 Å². The minimum atomic E-state index is -0.917. The Morgan fingerprint density at radius 1 is 1.33 bits per heavy atom. The molecule has 1 aliphatic heterocycles. The molecule has 1 aliphatic rings. The van der Waals surface area contributed by atoms with Gasteiger partial charge in [0.25, 0.3) is 0 Å². The van der Waals surface area contributed by atoms with Crippen LogP contribution in [0.4, 0.5) is 4.79 Å². The Balaban J connectivity index is 1.89. The number of nitrogens with one attached hydrogen (secondary N) is 2. The number of carbonyl (C=O) groups excluding carboxylic acids is 3. The highest BCUT2D eigenvalue weighted by atomic mass is 16.6. The van der Waals surface area contributed by atoms with E-state index in [9.17, 15) is 14.4 Å². The lowest BCUT2D eigenvalue weighted by molar-refractivity contribution is -0.143. The summed E-state index contributed by atoms with van der Waals surface area (Å²) >= 11 is 0. The maximum Gasteiger partial charge on any atom is 0.408 e. The number of rotatable bonds is 6. The van der Waals surface area contributed by atoms with Crippen LogP contribution < -0.4 is 10.6 Å². The molecule has 0 spiro atoms. The zero-order valence-electron chi connectivity index (χ0n) is 13.8. The van der Waals surface area contributed by atoms with Crippen LogP contribution in [0.2, 0.25) is 0 Å². The van der Waals surface area contributed by atoms with E-state index < -0.39 is 18.1 Å². The molecule has 24 heavy (non-hydrogen) atoms. The Kier molecular flexibility index (Phi) is 6.17. The Bertz CT molecular complexity index is 590. The highest BCUT2D eigenvalue weighted by Gasteiger charge is 2.34. The van der Waals surface area contributed by atoms with E-state index in [0.29, 0.717) is 6.42 Å². The number of esters is 1. The van der Waals surface area contributed by atoms with Gasteiger partial charge in [-0.3, -0.25) is 4.79 Å². The highest BCUT2D eigenvalue weighted by Crippen LogP contribution is 2.21. The van der Waals surface area contributed by atoms with Crippen molar-refractivity contribution < 1.29 is 23.9 Å². The third-order valence-corrected chi connectivity index (χ3v) is 3.91. The molecule has 0 aromatic heterocycles. The average molecular weight is 334 g/mol. The maximum absolute atomic E-state index is 11.9. The van der Waals surface area contributed by atoms with Crippen LogP contribution in [0.5, 0.6) is 0 Å². The molecule has 2 rings (SSSR count). The SMILES string of the molecule is COC(=O)[C@H](C[C@@H]1C[C@@H](C)NC1=O)NC(=O)OCc1ccccc1. The number of methoxy groups -OCH3 is 1. The lowest BCUT2D eigenvalue weighted by Gasteiger charge is -2.18. The van der Waals surface area contributed by atoms with E-state index in [1.807, 2.05) is 37.3 Å². The molecule has 1 heterocycles. The van der Waals surface area contributed by atoms with E-state index in [2.05, 4.69) is 10.6 Å². The molecule has 2 amide bonds. The lowest BCUT2D eigenvalue weighted by Crippen LogP contribution is -2.43. The van der Waals surface area contributed by atoms with Gasteiger partial charge < -0.3 is 20.1 Å². The second kappa shape index (κ2) is 8.33. The summed E-state index contributed by atoms with van der Waals surface area (Å²) < 4.78 is 9.81. The Labute approximate surface area is 140 Å². The number of amides is 2. The summed E-state index contributed by atoms with van der Waals surface area (Å²) in [6, 6.07) is 8.35. The summed E-state index contributed by atoms with van der Waals surface area (Å²) in [5.41, 5.74) is 0.839. The molecular formula is C17H22N2O5. The summed E-state index contributed by atoms with van der Waals surface area (Å²) in [6.07, 6.45) is 0.0804. The topological polar surface area (TPSA) is 93.7 Å². The van der Waals surface area contributed by atoms with Crippen molar-refractivity contribution in [2.75, 3.05) is 7.11 Å². The van der Waals surface area contributed by atoms with Crippen molar-refractivity contribution in [2.45, 2.75) is 38.5 Å². The Morgan fingerprint density at radius 2 is 2.04 bits per heavy atom. The molecule has 1 aromatic carbocycles. The fourth-order valence-electron chi connectivity index (χ4n) is 2.70. The van der Waals surface area contributed by atoms with Crippen LogP contribution in [0, 0.1) is 5.92 Å². The van der Waals surface area contributed by atoms with Crippen molar-refractivity contribution >= 4 is 18.0 Å². The largest absolute Gasteiger partial charge is 0.467 e. The Hall–Kier alpha value is -2.57. The molecule has 1 saturated heterocycles. The first-order valence-corrected chi connectivity index (χ1v) is 7.85. The van der Waals surface area contributed by atoms with Gasteiger partial charge >= 0.3 is 12.1 Å². The summed E-state index contributed by atoms with van der Waals surface area (Å²) in [6.45, 7) is 1.99. The first-order valence-electron chi connectivity index (χ1n) is 7.85. The summed E-state index contributed by atoms with van der Waals surface area (Å²) in [5.74, 6) is -1.05. The van der Waals surface area contributed by atoms with Gasteiger partial charge in [-0.2, -0.15) is 0 Å². The van der Waals surface area contributed by atoms with Gasteiger partial charge in [-0.05, 0) is 25.3 Å². The van der Waals surface area contributed by atoms with Crippen LogP contribution >= 0.6 is 0 Å². The van der Waals surface area contributed by atoms with E-state index in [0.717, 1.165) is 5.56 Å². The molecule has 2 N–H and O–H groups in total. The van der Waals surface area contributed by atoms with Gasteiger partial charge in [-0.25, -0.2) is 9.59 Å². The summed E-state index contributed by atoms with van der Waals surface area (Å²) in [4.78, 5) is 35.6. The van der Waals surface area contributed by atoms with Crippen LogP contribution in [0.1, 0.15) is 25.3 Å².